The summed E-state index contributed by atoms with van der Waals surface area (Å²) in [5, 5.41) is 4.51. The van der Waals surface area contributed by atoms with Crippen molar-refractivity contribution in [3.8, 4) is 0 Å². The van der Waals surface area contributed by atoms with Gasteiger partial charge in [-0.15, -0.1) is 0 Å². The summed E-state index contributed by atoms with van der Waals surface area (Å²) in [7, 11) is 0. The third-order valence-corrected chi connectivity index (χ3v) is 4.07. The Morgan fingerprint density at radius 1 is 1.35 bits per heavy atom. The van der Waals surface area contributed by atoms with Gasteiger partial charge in [0.05, 0.1) is 6.04 Å². The molecule has 2 nitrogen and oxygen atoms in total. The minimum atomic E-state index is 0.465. The van der Waals surface area contributed by atoms with Gasteiger partial charge in [0.2, 0.25) is 0 Å². The van der Waals surface area contributed by atoms with E-state index in [1.54, 1.807) is 0 Å². The van der Waals surface area contributed by atoms with E-state index >= 15 is 0 Å². The molecule has 1 atom stereocenters. The van der Waals surface area contributed by atoms with Crippen LogP contribution in [0.3, 0.4) is 0 Å². The molecule has 0 saturated heterocycles. The molecule has 0 fully saturated rings. The first kappa shape index (κ1) is 12.5. The maximum atomic E-state index is 4.72. The van der Waals surface area contributed by atoms with Crippen LogP contribution in [-0.2, 0) is 0 Å². The van der Waals surface area contributed by atoms with Crippen LogP contribution in [0.1, 0.15) is 25.0 Å². The number of nitrogens with zero attached hydrogens (tertiary/aromatic N) is 1. The van der Waals surface area contributed by atoms with Crippen LogP contribution in [0.15, 0.2) is 23.2 Å². The number of hydrogen-bond donors (Lipinski definition) is 1. The van der Waals surface area contributed by atoms with E-state index in [-0.39, 0.29) is 0 Å². The van der Waals surface area contributed by atoms with Crippen molar-refractivity contribution >= 4 is 22.6 Å². The monoisotopic (exact) mass is 248 g/mol. The molecule has 0 aliphatic carbocycles. The van der Waals surface area contributed by atoms with Crippen LogP contribution < -0.4 is 5.32 Å². The lowest BCUT2D eigenvalue weighted by molar-refractivity contribution is 0.543. The number of hydrogen-bond acceptors (Lipinski definition) is 3. The lowest BCUT2D eigenvalue weighted by Gasteiger charge is -2.09. The normalized spacial score (nSPS) is 19.6. The van der Waals surface area contributed by atoms with E-state index < -0.39 is 0 Å². The largest absolute Gasteiger partial charge is 0.335 e. The number of aliphatic imine (C=N–C) groups is 1. The van der Waals surface area contributed by atoms with Gasteiger partial charge >= 0.3 is 0 Å². The van der Waals surface area contributed by atoms with Gasteiger partial charge in [0.25, 0.3) is 0 Å². The van der Waals surface area contributed by atoms with Gasteiger partial charge < -0.3 is 5.32 Å². The molecule has 3 heteroatoms. The lowest BCUT2D eigenvalue weighted by Crippen LogP contribution is -2.12. The van der Waals surface area contributed by atoms with E-state index in [0.29, 0.717) is 12.0 Å². The average Bonchev–Trinajstić information content (AvgIpc) is 2.72. The maximum absolute atomic E-state index is 4.72. The summed E-state index contributed by atoms with van der Waals surface area (Å²) < 4.78 is 0. The predicted molar refractivity (Wildman–Crippen MR) is 78.1 cm³/mol. The SMILES string of the molecule is Cc1ccc(C)c(NC2=NC(C(C)C)CS2)c1. The van der Waals surface area contributed by atoms with Gasteiger partial charge in [-0.1, -0.05) is 37.7 Å². The molecule has 2 rings (SSSR count). The molecule has 1 aromatic carbocycles. The molecule has 0 saturated carbocycles. The molecule has 0 spiro atoms. The Balaban J connectivity index is 2.11. The van der Waals surface area contributed by atoms with Crippen molar-refractivity contribution in [3.63, 3.8) is 0 Å². The first-order chi connectivity index (χ1) is 8.06. The number of thioether (sulfide) groups is 1. The third kappa shape index (κ3) is 3.03. The summed E-state index contributed by atoms with van der Waals surface area (Å²) in [6.07, 6.45) is 0. The molecule has 92 valence electrons. The number of aryl methyl sites for hydroxylation is 2. The smallest absolute Gasteiger partial charge is 0.161 e. The Morgan fingerprint density at radius 2 is 2.12 bits per heavy atom. The Hall–Kier alpha value is -0.960. The van der Waals surface area contributed by atoms with Crippen molar-refractivity contribution in [1.29, 1.82) is 0 Å². The van der Waals surface area contributed by atoms with Crippen molar-refractivity contribution in [1.82, 2.24) is 0 Å². The zero-order valence-corrected chi connectivity index (χ0v) is 11.8. The molecule has 1 heterocycles. The van der Waals surface area contributed by atoms with Gasteiger partial charge in [0.1, 0.15) is 0 Å². The summed E-state index contributed by atoms with van der Waals surface area (Å²) in [6, 6.07) is 6.94. The first-order valence-corrected chi connectivity index (χ1v) is 7.09. The van der Waals surface area contributed by atoms with Gasteiger partial charge in [0, 0.05) is 11.4 Å². The number of anilines is 1. The van der Waals surface area contributed by atoms with Gasteiger partial charge in [-0.3, -0.25) is 4.99 Å². The fraction of sp³-hybridized carbons (Fsp3) is 0.500. The molecular weight excluding hydrogens is 228 g/mol. The highest BCUT2D eigenvalue weighted by Gasteiger charge is 2.21. The van der Waals surface area contributed by atoms with Crippen molar-refractivity contribution in [2.24, 2.45) is 10.9 Å². The summed E-state index contributed by atoms with van der Waals surface area (Å²) in [4.78, 5) is 4.72. The first-order valence-electron chi connectivity index (χ1n) is 6.11. The number of nitrogens with one attached hydrogen (secondary N) is 1. The fourth-order valence-electron chi connectivity index (χ4n) is 1.79. The molecule has 0 aromatic heterocycles. The second kappa shape index (κ2) is 5.13. The number of benzene rings is 1. The molecule has 0 amide bonds. The standard InChI is InChI=1S/C14H20N2S/c1-9(2)13-8-17-14(16-13)15-12-7-10(3)5-6-11(12)4/h5-7,9,13H,8H2,1-4H3,(H,15,16). The fourth-order valence-corrected chi connectivity index (χ4v) is 2.97. The average molecular weight is 248 g/mol. The minimum absolute atomic E-state index is 0.465. The predicted octanol–water partition coefficient (Wildman–Crippen LogP) is 3.84. The highest BCUT2D eigenvalue weighted by atomic mass is 32.2. The summed E-state index contributed by atoms with van der Waals surface area (Å²) in [6.45, 7) is 8.71. The van der Waals surface area contributed by atoms with E-state index in [9.17, 15) is 0 Å². The molecular formula is C14H20N2S. The molecule has 17 heavy (non-hydrogen) atoms. The molecule has 1 aliphatic rings. The van der Waals surface area contributed by atoms with Crippen LogP contribution in [0.4, 0.5) is 5.69 Å². The second-order valence-electron chi connectivity index (χ2n) is 5.00. The Labute approximate surface area is 108 Å². The van der Waals surface area contributed by atoms with Gasteiger partial charge in [0.15, 0.2) is 5.17 Å². The minimum Gasteiger partial charge on any atom is -0.335 e. The molecule has 0 radical (unpaired) electrons. The van der Waals surface area contributed by atoms with Crippen LogP contribution in [0.25, 0.3) is 0 Å². The number of amidine groups is 1. The maximum Gasteiger partial charge on any atom is 0.161 e. The summed E-state index contributed by atoms with van der Waals surface area (Å²) >= 11 is 1.83. The van der Waals surface area contributed by atoms with Crippen LogP contribution in [-0.4, -0.2) is 17.0 Å². The zero-order valence-electron chi connectivity index (χ0n) is 10.9. The van der Waals surface area contributed by atoms with E-state index in [4.69, 9.17) is 4.99 Å². The van der Waals surface area contributed by atoms with Crippen molar-refractivity contribution in [2.75, 3.05) is 11.1 Å². The van der Waals surface area contributed by atoms with Crippen molar-refractivity contribution in [3.05, 3.63) is 29.3 Å². The van der Waals surface area contributed by atoms with Gasteiger partial charge in [-0.2, -0.15) is 0 Å². The molecule has 0 bridgehead atoms. The van der Waals surface area contributed by atoms with E-state index in [2.05, 4.69) is 51.2 Å². The molecule has 1 unspecified atom stereocenters. The summed E-state index contributed by atoms with van der Waals surface area (Å²) in [5.41, 5.74) is 3.73. The molecule has 1 aliphatic heterocycles. The topological polar surface area (TPSA) is 24.4 Å². The third-order valence-electron chi connectivity index (χ3n) is 3.08. The van der Waals surface area contributed by atoms with E-state index in [1.807, 2.05) is 11.8 Å². The Kier molecular flexibility index (Phi) is 3.77. The molecule has 1 aromatic rings. The van der Waals surface area contributed by atoms with Gasteiger partial charge in [-0.05, 0) is 37.0 Å². The Bertz CT molecular complexity index is 438. The summed E-state index contributed by atoms with van der Waals surface area (Å²) in [5.74, 6) is 1.73. The van der Waals surface area contributed by atoms with Crippen LogP contribution in [0, 0.1) is 19.8 Å². The van der Waals surface area contributed by atoms with E-state index in [1.165, 1.54) is 16.8 Å². The van der Waals surface area contributed by atoms with Gasteiger partial charge in [-0.25, -0.2) is 0 Å². The highest BCUT2D eigenvalue weighted by Crippen LogP contribution is 2.25. The van der Waals surface area contributed by atoms with Crippen molar-refractivity contribution in [2.45, 2.75) is 33.7 Å². The van der Waals surface area contributed by atoms with Crippen LogP contribution in [0.2, 0.25) is 0 Å². The zero-order chi connectivity index (χ0) is 12.4. The molecule has 1 N–H and O–H groups in total. The lowest BCUT2D eigenvalue weighted by atomic mass is 10.1. The van der Waals surface area contributed by atoms with Crippen LogP contribution in [0.5, 0.6) is 0 Å². The van der Waals surface area contributed by atoms with E-state index in [0.717, 1.165) is 10.9 Å². The Morgan fingerprint density at radius 3 is 2.76 bits per heavy atom. The quantitative estimate of drug-likeness (QED) is 0.860. The second-order valence-corrected chi connectivity index (χ2v) is 6.01. The van der Waals surface area contributed by atoms with Crippen molar-refractivity contribution < 1.29 is 0 Å². The highest BCUT2D eigenvalue weighted by molar-refractivity contribution is 8.14. The van der Waals surface area contributed by atoms with Crippen LogP contribution >= 0.6 is 11.8 Å². The number of rotatable bonds is 2.